The maximum atomic E-state index is 13.9. The molecule has 5 nitrogen and oxygen atoms in total. The van der Waals surface area contributed by atoms with Gasteiger partial charge in [-0.1, -0.05) is 53.7 Å². The molecule has 0 saturated heterocycles. The number of ketones is 1. The van der Waals surface area contributed by atoms with Gasteiger partial charge in [0, 0.05) is 22.0 Å². The van der Waals surface area contributed by atoms with Gasteiger partial charge in [0.05, 0.1) is 0 Å². The van der Waals surface area contributed by atoms with E-state index in [9.17, 15) is 9.18 Å². The van der Waals surface area contributed by atoms with Crippen LogP contribution in [0.15, 0.2) is 65.0 Å². The number of allylic oxidation sites excluding steroid dienone is 2. The highest BCUT2D eigenvalue weighted by molar-refractivity contribution is 7.98. The van der Waals surface area contributed by atoms with Gasteiger partial charge < -0.3 is 5.32 Å². The second kappa shape index (κ2) is 8.00. The van der Waals surface area contributed by atoms with Crippen LogP contribution in [0.3, 0.4) is 0 Å². The van der Waals surface area contributed by atoms with Crippen LogP contribution < -0.4 is 5.32 Å². The fourth-order valence-corrected chi connectivity index (χ4v) is 4.30. The number of rotatable bonds is 5. The number of thioether (sulfide) groups is 1. The van der Waals surface area contributed by atoms with Crippen LogP contribution in [-0.4, -0.2) is 20.5 Å². The lowest BCUT2D eigenvalue weighted by Crippen LogP contribution is -2.27. The molecule has 0 radical (unpaired) electrons. The van der Waals surface area contributed by atoms with Crippen molar-refractivity contribution in [2.75, 3.05) is 5.32 Å². The summed E-state index contributed by atoms with van der Waals surface area (Å²) >= 11 is 7.38. The molecule has 0 saturated carbocycles. The monoisotopic (exact) mass is 428 g/mol. The summed E-state index contributed by atoms with van der Waals surface area (Å²) in [5.41, 5.74) is 2.84. The van der Waals surface area contributed by atoms with Gasteiger partial charge in [-0.25, -0.2) is 9.07 Å². The number of nitrogens with zero attached hydrogens (tertiary/aromatic N) is 3. The van der Waals surface area contributed by atoms with Crippen LogP contribution in [0.5, 0.6) is 0 Å². The summed E-state index contributed by atoms with van der Waals surface area (Å²) in [5, 5.41) is 8.90. The molecule has 3 aromatic rings. The van der Waals surface area contributed by atoms with E-state index in [1.54, 1.807) is 41.9 Å². The van der Waals surface area contributed by atoms with Crippen LogP contribution in [0.2, 0.25) is 5.02 Å². The van der Waals surface area contributed by atoms with Crippen LogP contribution in [0.25, 0.3) is 0 Å². The number of aromatic nitrogens is 3. The molecule has 1 N–H and O–H groups in total. The summed E-state index contributed by atoms with van der Waals surface area (Å²) in [6, 6.07) is 13.6. The Morgan fingerprint density at radius 1 is 1.24 bits per heavy atom. The second-order valence-electron chi connectivity index (χ2n) is 6.72. The van der Waals surface area contributed by atoms with Crippen LogP contribution in [-0.2, 0) is 10.5 Å². The van der Waals surface area contributed by atoms with E-state index in [4.69, 9.17) is 11.6 Å². The molecule has 8 heteroatoms. The third kappa shape index (κ3) is 3.93. The van der Waals surface area contributed by atoms with Gasteiger partial charge in [-0.15, -0.1) is 5.10 Å². The number of hydrogen-bond acceptors (Lipinski definition) is 5. The Kier molecular flexibility index (Phi) is 5.43. The third-order valence-corrected chi connectivity index (χ3v) is 5.85. The molecule has 1 aliphatic rings. The predicted molar refractivity (Wildman–Crippen MR) is 113 cm³/mol. The molecule has 1 atom stereocenters. The molecule has 0 aliphatic carbocycles. The van der Waals surface area contributed by atoms with Gasteiger partial charge in [0.2, 0.25) is 11.1 Å². The molecule has 2 heterocycles. The largest absolute Gasteiger partial charge is 0.328 e. The van der Waals surface area contributed by atoms with E-state index >= 15 is 0 Å². The minimum absolute atomic E-state index is 0.0448. The van der Waals surface area contributed by atoms with E-state index < -0.39 is 6.04 Å². The highest BCUT2D eigenvalue weighted by Crippen LogP contribution is 2.37. The first-order valence-corrected chi connectivity index (χ1v) is 10.4. The summed E-state index contributed by atoms with van der Waals surface area (Å²) in [7, 11) is 0. The van der Waals surface area contributed by atoms with Crippen LogP contribution in [0.4, 0.5) is 10.3 Å². The zero-order valence-corrected chi connectivity index (χ0v) is 17.4. The van der Waals surface area contributed by atoms with E-state index in [1.807, 2.05) is 19.1 Å². The fraction of sp³-hybridized carbons (Fsp3) is 0.190. The van der Waals surface area contributed by atoms with Crippen molar-refractivity contribution in [2.45, 2.75) is 30.8 Å². The number of Topliss-reactive ketones (excluding diaryl/α,β-unsaturated/α-hetero) is 1. The van der Waals surface area contributed by atoms with Gasteiger partial charge in [-0.3, -0.25) is 4.79 Å². The van der Waals surface area contributed by atoms with Crippen LogP contribution in [0, 0.1) is 5.82 Å². The number of anilines is 1. The molecule has 0 amide bonds. The van der Waals surface area contributed by atoms with E-state index in [1.165, 1.54) is 17.8 Å². The summed E-state index contributed by atoms with van der Waals surface area (Å²) < 4.78 is 15.6. The van der Waals surface area contributed by atoms with E-state index in [-0.39, 0.29) is 11.6 Å². The van der Waals surface area contributed by atoms with E-state index in [0.29, 0.717) is 33.0 Å². The first kappa shape index (κ1) is 19.7. The standard InChI is InChI=1S/C21H18ClFN4OS/c1-12-18(13(2)28)19(14-7-9-16(22)10-8-14)27-20(24-12)25-21(26-27)29-11-15-5-3-4-6-17(15)23/h3-10,19H,11H2,1-2H3,(H,24,25,26). The highest BCUT2D eigenvalue weighted by atomic mass is 35.5. The highest BCUT2D eigenvalue weighted by Gasteiger charge is 2.32. The van der Waals surface area contributed by atoms with Gasteiger partial charge >= 0.3 is 0 Å². The molecular weight excluding hydrogens is 411 g/mol. The topological polar surface area (TPSA) is 59.8 Å². The maximum Gasteiger partial charge on any atom is 0.227 e. The quantitative estimate of drug-likeness (QED) is 0.563. The summed E-state index contributed by atoms with van der Waals surface area (Å²) in [6.07, 6.45) is 0. The Balaban J connectivity index is 1.69. The lowest BCUT2D eigenvalue weighted by Gasteiger charge is -2.28. The lowest BCUT2D eigenvalue weighted by molar-refractivity contribution is -0.114. The Morgan fingerprint density at radius 3 is 2.66 bits per heavy atom. The molecule has 0 fully saturated rings. The van der Waals surface area contributed by atoms with Gasteiger partial charge in [-0.2, -0.15) is 4.98 Å². The fourth-order valence-electron chi connectivity index (χ4n) is 3.36. The third-order valence-electron chi connectivity index (χ3n) is 4.71. The SMILES string of the molecule is CC(=O)C1=C(C)Nc2nc(SCc3ccccc3F)nn2C1c1ccc(Cl)cc1. The van der Waals surface area contributed by atoms with E-state index in [2.05, 4.69) is 15.4 Å². The second-order valence-corrected chi connectivity index (χ2v) is 8.10. The minimum atomic E-state index is -0.406. The number of hydrogen-bond donors (Lipinski definition) is 1. The lowest BCUT2D eigenvalue weighted by atomic mass is 9.93. The van der Waals surface area contributed by atoms with Gasteiger partial charge in [0.25, 0.3) is 0 Å². The maximum absolute atomic E-state index is 13.9. The number of halogens is 2. The molecule has 4 rings (SSSR count). The van der Waals surface area contributed by atoms with Crippen molar-refractivity contribution >= 4 is 35.1 Å². The van der Waals surface area contributed by atoms with Gasteiger partial charge in [-0.05, 0) is 43.2 Å². The molecule has 148 valence electrons. The number of carbonyl (C=O) groups is 1. The Labute approximate surface area is 177 Å². The van der Waals surface area contributed by atoms with Gasteiger partial charge in [0.1, 0.15) is 11.9 Å². The molecule has 29 heavy (non-hydrogen) atoms. The average Bonchev–Trinajstić information content (AvgIpc) is 3.09. The Morgan fingerprint density at radius 2 is 1.97 bits per heavy atom. The van der Waals surface area contributed by atoms with Crippen molar-refractivity contribution in [3.63, 3.8) is 0 Å². The van der Waals surface area contributed by atoms with Crippen molar-refractivity contribution in [3.05, 3.63) is 81.8 Å². The Bertz CT molecular complexity index is 1110. The number of fused-ring (bicyclic) bond motifs is 1. The first-order valence-electron chi connectivity index (χ1n) is 9.01. The van der Waals surface area contributed by atoms with Gasteiger partial charge in [0.15, 0.2) is 5.78 Å². The normalized spacial score (nSPS) is 15.8. The van der Waals surface area contributed by atoms with Crippen molar-refractivity contribution in [2.24, 2.45) is 0 Å². The molecule has 1 aromatic heterocycles. The molecule has 1 aliphatic heterocycles. The molecule has 0 bridgehead atoms. The zero-order valence-electron chi connectivity index (χ0n) is 15.8. The van der Waals surface area contributed by atoms with Crippen molar-refractivity contribution in [1.29, 1.82) is 0 Å². The van der Waals surface area contributed by atoms with Crippen molar-refractivity contribution in [3.8, 4) is 0 Å². The molecular formula is C21H18ClFN4OS. The molecule has 0 spiro atoms. The number of benzene rings is 2. The molecule has 1 unspecified atom stereocenters. The zero-order chi connectivity index (χ0) is 20.5. The summed E-state index contributed by atoms with van der Waals surface area (Å²) in [4.78, 5) is 16.9. The summed E-state index contributed by atoms with van der Waals surface area (Å²) in [6.45, 7) is 3.39. The predicted octanol–water partition coefficient (Wildman–Crippen LogP) is 5.24. The van der Waals surface area contributed by atoms with E-state index in [0.717, 1.165) is 11.3 Å². The van der Waals surface area contributed by atoms with Crippen molar-refractivity contribution < 1.29 is 9.18 Å². The minimum Gasteiger partial charge on any atom is -0.328 e. The van der Waals surface area contributed by atoms with Crippen LogP contribution in [0.1, 0.15) is 31.0 Å². The number of carbonyl (C=O) groups excluding carboxylic acids is 1. The molecule has 2 aromatic carbocycles. The van der Waals surface area contributed by atoms with Crippen molar-refractivity contribution in [1.82, 2.24) is 14.8 Å². The summed E-state index contributed by atoms with van der Waals surface area (Å²) in [5.74, 6) is 0.658. The smallest absolute Gasteiger partial charge is 0.227 e. The first-order chi connectivity index (χ1) is 13.9. The number of nitrogens with one attached hydrogen (secondary N) is 1. The average molecular weight is 429 g/mol. The Hall–Kier alpha value is -2.64. The van der Waals surface area contributed by atoms with Crippen LogP contribution >= 0.6 is 23.4 Å².